The number of ether oxygens (including phenoxy) is 1. The highest BCUT2D eigenvalue weighted by Crippen LogP contribution is 2.31. The van der Waals surface area contributed by atoms with Crippen LogP contribution in [0.4, 0.5) is 0 Å². The van der Waals surface area contributed by atoms with E-state index in [2.05, 4.69) is 22.2 Å². The third kappa shape index (κ3) is 15.7. The molecule has 10 nitrogen and oxygen atoms in total. The van der Waals surface area contributed by atoms with Crippen molar-refractivity contribution in [2.45, 2.75) is 99.0 Å². The number of likely N-dealkylation sites (N-methyl/N-ethyl adjacent to an activating group) is 1. The van der Waals surface area contributed by atoms with Gasteiger partial charge in [0.2, 0.25) is 0 Å². The number of carbonyl (C=O) groups is 2. The fourth-order valence-corrected chi connectivity index (χ4v) is 6.33. The Labute approximate surface area is 264 Å². The Bertz CT molecular complexity index is 1100. The van der Waals surface area contributed by atoms with Gasteiger partial charge in [-0.15, -0.1) is 11.3 Å². The molecule has 3 rings (SSSR count). The van der Waals surface area contributed by atoms with Gasteiger partial charge in [-0.25, -0.2) is 10.1 Å². The lowest BCUT2D eigenvalue weighted by molar-refractivity contribution is -0.150. The molecule has 3 atom stereocenters. The number of hydrogen-bond acceptors (Lipinski definition) is 9. The van der Waals surface area contributed by atoms with Crippen molar-refractivity contribution in [2.75, 3.05) is 39.8 Å². The number of aliphatic hydroxyl groups excluding tert-OH is 1. The topological polar surface area (TPSA) is 143 Å². The fraction of sp³-hybridized carbons (Fsp3) is 0.774. The van der Waals surface area contributed by atoms with Crippen LogP contribution in [0.3, 0.4) is 0 Å². The Morgan fingerprint density at radius 1 is 1.09 bits per heavy atom. The van der Waals surface area contributed by atoms with Crippen LogP contribution in [0, 0.1) is 24.2 Å². The van der Waals surface area contributed by atoms with Crippen LogP contribution in [0.2, 0.25) is 0 Å². The van der Waals surface area contributed by atoms with Crippen LogP contribution in [-0.4, -0.2) is 85.4 Å². The molecule has 0 bridgehead atoms. The smallest absolute Gasteiger partial charge is 0.308 e. The Hall–Kier alpha value is -1.70. The SMILES string of the molecule is C/C=C\c1csc(C)n1.CC1CCCCCCCOC(=O)CC(O)C(C)(C)C(=O)C(C)C1.CN1CCN(S(N)(=O)=O)CC1. The summed E-state index contributed by atoms with van der Waals surface area (Å²) in [5, 5.41) is 18.5. The zero-order valence-corrected chi connectivity index (χ0v) is 29.0. The van der Waals surface area contributed by atoms with Crippen LogP contribution in [-0.2, 0) is 24.5 Å². The number of hydrogen-bond donors (Lipinski definition) is 2. The molecule has 2 fully saturated rings. The van der Waals surface area contributed by atoms with Crippen molar-refractivity contribution in [2.24, 2.45) is 22.4 Å². The molecule has 0 aromatic carbocycles. The summed E-state index contributed by atoms with van der Waals surface area (Å²) in [6, 6.07) is 0. The summed E-state index contributed by atoms with van der Waals surface area (Å²) in [5.41, 5.74) is 0.148. The van der Waals surface area contributed by atoms with Crippen LogP contribution in [0.1, 0.15) is 96.7 Å². The molecule has 43 heavy (non-hydrogen) atoms. The van der Waals surface area contributed by atoms with Gasteiger partial charge in [-0.05, 0) is 45.7 Å². The summed E-state index contributed by atoms with van der Waals surface area (Å²) >= 11 is 1.68. The quantitative estimate of drug-likeness (QED) is 0.437. The highest BCUT2D eigenvalue weighted by Gasteiger charge is 2.39. The predicted molar refractivity (Wildman–Crippen MR) is 175 cm³/mol. The number of rotatable bonds is 2. The van der Waals surface area contributed by atoms with E-state index in [1.807, 2.05) is 40.0 Å². The molecule has 3 heterocycles. The molecule has 3 unspecified atom stereocenters. The summed E-state index contributed by atoms with van der Waals surface area (Å²) in [4.78, 5) is 30.8. The van der Waals surface area contributed by atoms with Crippen molar-refractivity contribution in [3.63, 3.8) is 0 Å². The van der Waals surface area contributed by atoms with Gasteiger partial charge in [0, 0.05) is 37.5 Å². The maximum absolute atomic E-state index is 12.7. The number of cyclic esters (lactones) is 1. The molecule has 12 heteroatoms. The monoisotopic (exact) mass is 644 g/mol. The molecule has 0 spiro atoms. The number of nitrogens with zero attached hydrogens (tertiary/aromatic N) is 3. The Morgan fingerprint density at radius 2 is 1.70 bits per heavy atom. The first-order chi connectivity index (χ1) is 20.1. The van der Waals surface area contributed by atoms with Gasteiger partial charge < -0.3 is 14.7 Å². The molecule has 0 saturated carbocycles. The van der Waals surface area contributed by atoms with Gasteiger partial charge in [-0.2, -0.15) is 12.7 Å². The zero-order chi connectivity index (χ0) is 32.6. The van der Waals surface area contributed by atoms with Crippen LogP contribution < -0.4 is 5.14 Å². The van der Waals surface area contributed by atoms with Gasteiger partial charge in [0.25, 0.3) is 10.2 Å². The van der Waals surface area contributed by atoms with Crippen molar-refractivity contribution in [3.05, 3.63) is 22.2 Å². The Morgan fingerprint density at radius 3 is 2.26 bits per heavy atom. The first kappa shape index (κ1) is 39.3. The molecule has 0 radical (unpaired) electrons. The third-order valence-electron chi connectivity index (χ3n) is 7.93. The number of piperazine rings is 1. The molecule has 0 amide bonds. The van der Waals surface area contributed by atoms with Crippen LogP contribution in [0.15, 0.2) is 11.5 Å². The van der Waals surface area contributed by atoms with Crippen molar-refractivity contribution in [1.29, 1.82) is 0 Å². The number of allylic oxidation sites excluding steroid dienone is 1. The van der Waals surface area contributed by atoms with Crippen molar-refractivity contribution in [1.82, 2.24) is 14.2 Å². The summed E-state index contributed by atoms with van der Waals surface area (Å²) in [6.07, 6.45) is 10.4. The molecular formula is C31H56N4O6S2. The van der Waals surface area contributed by atoms with Crippen molar-refractivity contribution in [3.8, 4) is 0 Å². The minimum Gasteiger partial charge on any atom is -0.466 e. The second-order valence-electron chi connectivity index (χ2n) is 12.4. The lowest BCUT2D eigenvalue weighted by Crippen LogP contribution is -2.49. The zero-order valence-electron chi connectivity index (χ0n) is 27.4. The minimum atomic E-state index is -3.44. The maximum atomic E-state index is 12.7. The van der Waals surface area contributed by atoms with E-state index in [0.29, 0.717) is 25.6 Å². The van der Waals surface area contributed by atoms with Gasteiger partial charge in [-0.1, -0.05) is 65.9 Å². The van der Waals surface area contributed by atoms with E-state index in [0.717, 1.165) is 55.9 Å². The van der Waals surface area contributed by atoms with Gasteiger partial charge in [-0.3, -0.25) is 9.59 Å². The van der Waals surface area contributed by atoms with Crippen LogP contribution in [0.5, 0.6) is 0 Å². The highest BCUT2D eigenvalue weighted by atomic mass is 32.2. The molecule has 1 aromatic heterocycles. The molecule has 1 aromatic rings. The Balaban J connectivity index is 0.000000378. The van der Waals surface area contributed by atoms with Gasteiger partial charge in [0.15, 0.2) is 0 Å². The number of nitrogens with two attached hydrogens (primary N) is 1. The second kappa shape index (κ2) is 19.6. The largest absolute Gasteiger partial charge is 0.466 e. The van der Waals surface area contributed by atoms with E-state index in [9.17, 15) is 23.1 Å². The molecule has 3 N–H and O–H groups in total. The third-order valence-corrected chi connectivity index (χ3v) is 9.81. The lowest BCUT2D eigenvalue weighted by atomic mass is 9.74. The molecule has 248 valence electrons. The normalized spacial score (nSPS) is 25.7. The number of ketones is 1. The summed E-state index contributed by atoms with van der Waals surface area (Å²) in [5.74, 6) is 0.0431. The number of carbonyl (C=O) groups excluding carboxylic acids is 2. The number of aromatic nitrogens is 1. The molecule has 2 saturated heterocycles. The highest BCUT2D eigenvalue weighted by molar-refractivity contribution is 7.86. The van der Waals surface area contributed by atoms with E-state index in [4.69, 9.17) is 9.88 Å². The number of aliphatic hydroxyl groups is 1. The summed E-state index contributed by atoms with van der Waals surface area (Å²) < 4.78 is 28.0. The van der Waals surface area contributed by atoms with Gasteiger partial charge in [0.1, 0.15) is 5.78 Å². The second-order valence-corrected chi connectivity index (χ2v) is 15.0. The molecule has 0 aliphatic carbocycles. The lowest BCUT2D eigenvalue weighted by Gasteiger charge is -2.32. The molecule has 2 aliphatic rings. The van der Waals surface area contributed by atoms with E-state index < -0.39 is 27.7 Å². The number of Topliss-reactive ketones (excluding diaryl/α,β-unsaturated/α-hetero) is 1. The predicted octanol–water partition coefficient (Wildman–Crippen LogP) is 4.81. The fourth-order valence-electron chi connectivity index (χ4n) is 5.08. The van der Waals surface area contributed by atoms with Crippen LogP contribution in [0.25, 0.3) is 6.08 Å². The Kier molecular flexibility index (Phi) is 18.0. The van der Waals surface area contributed by atoms with E-state index in [-0.39, 0.29) is 18.1 Å². The maximum Gasteiger partial charge on any atom is 0.308 e. The van der Waals surface area contributed by atoms with Crippen molar-refractivity contribution < 1.29 is 27.9 Å². The summed E-state index contributed by atoms with van der Waals surface area (Å²) in [7, 11) is -1.48. The van der Waals surface area contributed by atoms with Gasteiger partial charge in [0.05, 0.1) is 35.2 Å². The standard InChI is InChI=1S/C19H34O4.C7H9NS.C5H13N3O2S/c1-14-10-8-6-5-7-9-11-23-17(21)13-16(20)19(3,4)18(22)15(2)12-14;1-3-4-7-5-9-6(2)8-7;1-7-2-4-8(5-3-7)11(6,9)10/h14-16,20H,5-13H2,1-4H3;3-5H,1-2H3;2-5H2,1H3,(H2,6,9,10)/b;4-3-;. The van der Waals surface area contributed by atoms with E-state index in [1.54, 1.807) is 25.2 Å². The van der Waals surface area contributed by atoms with E-state index in [1.165, 1.54) is 17.1 Å². The first-order valence-electron chi connectivity index (χ1n) is 15.5. The average molecular weight is 645 g/mol. The average Bonchev–Trinajstić information content (AvgIpc) is 3.34. The van der Waals surface area contributed by atoms with Crippen LogP contribution >= 0.6 is 11.3 Å². The molecule has 2 aliphatic heterocycles. The molecular weight excluding hydrogens is 588 g/mol. The van der Waals surface area contributed by atoms with Gasteiger partial charge >= 0.3 is 5.97 Å². The summed E-state index contributed by atoms with van der Waals surface area (Å²) in [6.45, 7) is 14.6. The minimum absolute atomic E-state index is 0.0387. The first-order valence-corrected chi connectivity index (χ1v) is 17.8. The number of aryl methyl sites for hydroxylation is 1. The number of thiazole rings is 1. The van der Waals surface area contributed by atoms with Crippen molar-refractivity contribution >= 4 is 39.4 Å². The van der Waals surface area contributed by atoms with E-state index >= 15 is 0 Å². The number of esters is 1.